The van der Waals surface area contributed by atoms with Crippen LogP contribution in [0.15, 0.2) is 35.4 Å². The van der Waals surface area contributed by atoms with Gasteiger partial charge < -0.3 is 14.5 Å². The summed E-state index contributed by atoms with van der Waals surface area (Å²) >= 11 is 0. The number of aromatic nitrogens is 3. The molecule has 1 amide bonds. The Morgan fingerprint density at radius 3 is 2.88 bits per heavy atom. The molecule has 2 aliphatic heterocycles. The van der Waals surface area contributed by atoms with Crippen LogP contribution in [0.25, 0.3) is 0 Å². The molecule has 2 aromatic heterocycles. The Balaban J connectivity index is 1.51. The van der Waals surface area contributed by atoms with Crippen LogP contribution >= 0.6 is 0 Å². The highest BCUT2D eigenvalue weighted by molar-refractivity contribution is 5.94. The van der Waals surface area contributed by atoms with Gasteiger partial charge in [0.25, 0.3) is 11.5 Å². The van der Waals surface area contributed by atoms with Crippen LogP contribution in [0.5, 0.6) is 0 Å². The van der Waals surface area contributed by atoms with Gasteiger partial charge in [0.1, 0.15) is 0 Å². The Kier molecular flexibility index (Phi) is 4.66. The maximum Gasteiger partial charge on any atom is 0.255 e. The number of amides is 1. The third kappa shape index (κ3) is 3.45. The Morgan fingerprint density at radius 2 is 2.12 bits per heavy atom. The zero-order valence-corrected chi connectivity index (χ0v) is 14.4. The minimum atomic E-state index is -0.159. The van der Waals surface area contributed by atoms with Crippen LogP contribution in [-0.2, 0) is 4.74 Å². The van der Waals surface area contributed by atoms with Crippen LogP contribution < -0.4 is 10.5 Å². The van der Waals surface area contributed by atoms with Gasteiger partial charge >= 0.3 is 0 Å². The quantitative estimate of drug-likeness (QED) is 0.868. The molecule has 2 aliphatic rings. The molecule has 4 rings (SSSR count). The maximum atomic E-state index is 12.6. The molecule has 2 aromatic rings. The fraction of sp³-hybridized carbons (Fsp3) is 0.444. The molecular weight excluding hydrogens is 334 g/mol. The lowest BCUT2D eigenvalue weighted by atomic mass is 10.0. The third-order valence-corrected chi connectivity index (χ3v) is 4.86. The lowest BCUT2D eigenvalue weighted by molar-refractivity contribution is 0.0790. The molecule has 8 heteroatoms. The van der Waals surface area contributed by atoms with E-state index in [2.05, 4.69) is 15.0 Å². The first-order chi connectivity index (χ1) is 12.7. The number of nitrogens with one attached hydrogen (secondary N) is 1. The summed E-state index contributed by atoms with van der Waals surface area (Å²) in [6, 6.07) is 5.07. The molecular formula is C18H21N5O3. The van der Waals surface area contributed by atoms with Gasteiger partial charge in [-0.2, -0.15) is 0 Å². The second-order valence-corrected chi connectivity index (χ2v) is 6.57. The molecule has 0 radical (unpaired) electrons. The predicted molar refractivity (Wildman–Crippen MR) is 95.4 cm³/mol. The summed E-state index contributed by atoms with van der Waals surface area (Å²) in [7, 11) is 0. The number of nitrogens with zero attached hydrogens (tertiary/aromatic N) is 4. The van der Waals surface area contributed by atoms with Crippen molar-refractivity contribution in [3.05, 3.63) is 52.2 Å². The van der Waals surface area contributed by atoms with Gasteiger partial charge in [0.2, 0.25) is 5.95 Å². The van der Waals surface area contributed by atoms with E-state index in [0.717, 1.165) is 12.1 Å². The number of rotatable bonds is 3. The van der Waals surface area contributed by atoms with E-state index in [-0.39, 0.29) is 17.4 Å². The van der Waals surface area contributed by atoms with E-state index in [4.69, 9.17) is 4.74 Å². The van der Waals surface area contributed by atoms with E-state index in [1.807, 2.05) is 4.90 Å². The van der Waals surface area contributed by atoms with Crippen molar-refractivity contribution in [2.75, 3.05) is 44.3 Å². The van der Waals surface area contributed by atoms with Gasteiger partial charge in [-0.3, -0.25) is 19.6 Å². The van der Waals surface area contributed by atoms with Crippen LogP contribution in [0, 0.1) is 0 Å². The average molecular weight is 355 g/mol. The highest BCUT2D eigenvalue weighted by Gasteiger charge is 2.29. The summed E-state index contributed by atoms with van der Waals surface area (Å²) in [6.45, 7) is 3.90. The molecule has 26 heavy (non-hydrogen) atoms. The van der Waals surface area contributed by atoms with E-state index in [9.17, 15) is 9.59 Å². The fourth-order valence-corrected chi connectivity index (χ4v) is 3.46. The van der Waals surface area contributed by atoms with Crippen LogP contribution in [-0.4, -0.2) is 65.2 Å². The molecule has 0 bridgehead atoms. The van der Waals surface area contributed by atoms with Crippen molar-refractivity contribution in [1.82, 2.24) is 19.9 Å². The van der Waals surface area contributed by atoms with Gasteiger partial charge in [-0.15, -0.1) is 0 Å². The highest BCUT2D eigenvalue weighted by atomic mass is 16.5. The van der Waals surface area contributed by atoms with Gasteiger partial charge in [0, 0.05) is 50.6 Å². The molecule has 0 unspecified atom stereocenters. The standard InChI is InChI=1S/C18H21N5O3/c24-16-10-15(20-18(21-16)22-6-8-26-9-7-22)14-3-5-23(12-14)17(25)13-2-1-4-19-11-13/h1-2,4,10-11,14H,3,5-9,12H2,(H,20,21,24)/t14-/m0/s1. The Hall–Kier alpha value is -2.74. The van der Waals surface area contributed by atoms with Gasteiger partial charge in [-0.25, -0.2) is 4.98 Å². The fourth-order valence-electron chi connectivity index (χ4n) is 3.46. The predicted octanol–water partition coefficient (Wildman–Crippen LogP) is 0.631. The number of carbonyl (C=O) groups is 1. The largest absolute Gasteiger partial charge is 0.378 e. The number of anilines is 1. The van der Waals surface area contributed by atoms with Crippen LogP contribution in [0.1, 0.15) is 28.4 Å². The molecule has 0 spiro atoms. The zero-order valence-electron chi connectivity index (χ0n) is 14.4. The van der Waals surface area contributed by atoms with Crippen molar-refractivity contribution in [3.8, 4) is 0 Å². The van der Waals surface area contributed by atoms with Gasteiger partial charge in [0.05, 0.1) is 24.5 Å². The highest BCUT2D eigenvalue weighted by Crippen LogP contribution is 2.27. The number of H-pyrrole nitrogens is 1. The Labute approximate surface area is 150 Å². The van der Waals surface area contributed by atoms with Crippen LogP contribution in [0.3, 0.4) is 0 Å². The van der Waals surface area contributed by atoms with E-state index in [0.29, 0.717) is 50.9 Å². The monoisotopic (exact) mass is 355 g/mol. The minimum absolute atomic E-state index is 0.0288. The van der Waals surface area contributed by atoms with Crippen LogP contribution in [0.4, 0.5) is 5.95 Å². The number of pyridine rings is 1. The minimum Gasteiger partial charge on any atom is -0.378 e. The molecule has 1 N–H and O–H groups in total. The smallest absolute Gasteiger partial charge is 0.255 e. The lowest BCUT2D eigenvalue weighted by Gasteiger charge is -2.27. The van der Waals surface area contributed by atoms with E-state index >= 15 is 0 Å². The maximum absolute atomic E-state index is 12.6. The number of hydrogen-bond acceptors (Lipinski definition) is 6. The molecule has 4 heterocycles. The van der Waals surface area contributed by atoms with Gasteiger partial charge in [-0.1, -0.05) is 0 Å². The summed E-state index contributed by atoms with van der Waals surface area (Å²) in [6.07, 6.45) is 4.03. The van der Waals surface area contributed by atoms with Crippen molar-refractivity contribution in [2.45, 2.75) is 12.3 Å². The summed E-state index contributed by atoms with van der Waals surface area (Å²) in [5.74, 6) is 0.629. The molecule has 0 aromatic carbocycles. The molecule has 0 aliphatic carbocycles. The number of ether oxygens (including phenoxy) is 1. The molecule has 2 saturated heterocycles. The van der Waals surface area contributed by atoms with E-state index in [1.165, 1.54) is 0 Å². The molecule has 1 atom stereocenters. The van der Waals surface area contributed by atoms with Crippen molar-refractivity contribution in [1.29, 1.82) is 0 Å². The first kappa shape index (κ1) is 16.7. The Bertz CT molecular complexity index is 832. The SMILES string of the molecule is O=C(c1cccnc1)N1CC[C@H](c2cc(=O)[nH]c(N3CCOCC3)n2)C1. The summed E-state index contributed by atoms with van der Waals surface area (Å²) in [5, 5.41) is 0. The van der Waals surface area contributed by atoms with Crippen molar-refractivity contribution in [2.24, 2.45) is 0 Å². The average Bonchev–Trinajstić information content (AvgIpc) is 3.18. The molecule has 136 valence electrons. The molecule has 2 fully saturated rings. The second-order valence-electron chi connectivity index (χ2n) is 6.57. The number of likely N-dealkylation sites (tertiary alicyclic amines) is 1. The number of morpholine rings is 1. The lowest BCUT2D eigenvalue weighted by Crippen LogP contribution is -2.38. The van der Waals surface area contributed by atoms with Gasteiger partial charge in [-0.05, 0) is 18.6 Å². The summed E-state index contributed by atoms with van der Waals surface area (Å²) in [4.78, 5) is 40.0. The van der Waals surface area contributed by atoms with Crippen molar-refractivity contribution in [3.63, 3.8) is 0 Å². The normalized spacial score (nSPS) is 20.4. The zero-order chi connectivity index (χ0) is 17.9. The summed E-state index contributed by atoms with van der Waals surface area (Å²) in [5.41, 5.74) is 1.17. The first-order valence-corrected chi connectivity index (χ1v) is 8.84. The second kappa shape index (κ2) is 7.25. The summed E-state index contributed by atoms with van der Waals surface area (Å²) < 4.78 is 5.35. The molecule has 0 saturated carbocycles. The molecule has 8 nitrogen and oxygen atoms in total. The number of hydrogen-bond donors (Lipinski definition) is 1. The van der Waals surface area contributed by atoms with E-state index in [1.54, 1.807) is 35.5 Å². The Morgan fingerprint density at radius 1 is 1.27 bits per heavy atom. The van der Waals surface area contributed by atoms with Gasteiger partial charge in [0.15, 0.2) is 0 Å². The van der Waals surface area contributed by atoms with Crippen molar-refractivity contribution >= 4 is 11.9 Å². The number of carbonyl (C=O) groups excluding carboxylic acids is 1. The first-order valence-electron chi connectivity index (χ1n) is 8.84. The van der Waals surface area contributed by atoms with Crippen molar-refractivity contribution < 1.29 is 9.53 Å². The number of aromatic amines is 1. The van der Waals surface area contributed by atoms with E-state index < -0.39 is 0 Å². The van der Waals surface area contributed by atoms with Crippen LogP contribution in [0.2, 0.25) is 0 Å². The topological polar surface area (TPSA) is 91.4 Å². The third-order valence-electron chi connectivity index (χ3n) is 4.86.